The van der Waals surface area contributed by atoms with Crippen LogP contribution >= 0.6 is 0 Å². The number of benzene rings is 1. The van der Waals surface area contributed by atoms with E-state index in [1.165, 1.54) is 6.07 Å². The number of nitrogens with zero attached hydrogens (tertiary/aromatic N) is 2. The second-order valence-corrected chi connectivity index (χ2v) is 5.66. The molecule has 0 bridgehead atoms. The normalized spacial score (nSPS) is 22.6. The maximum Gasteiger partial charge on any atom is 0.225 e. The molecule has 21 heavy (non-hydrogen) atoms. The van der Waals surface area contributed by atoms with Gasteiger partial charge in [-0.05, 0) is 25.0 Å². The minimum Gasteiger partial charge on any atom is -0.378 e. The Morgan fingerprint density at radius 2 is 2.00 bits per heavy atom. The van der Waals surface area contributed by atoms with Crippen molar-refractivity contribution in [2.45, 2.75) is 25.4 Å². The van der Waals surface area contributed by atoms with Gasteiger partial charge in [-0.2, -0.15) is 0 Å². The van der Waals surface area contributed by atoms with Crippen LogP contribution in [0.2, 0.25) is 0 Å². The molecule has 0 saturated carbocycles. The number of halogens is 1. The van der Waals surface area contributed by atoms with E-state index in [0.717, 1.165) is 19.4 Å². The molecule has 1 unspecified atom stereocenters. The van der Waals surface area contributed by atoms with E-state index in [0.29, 0.717) is 38.3 Å². The SMILES string of the molecule is O=C(CC1CCCO1)N1CCN(c2ccccc2F)CC1. The van der Waals surface area contributed by atoms with Crippen LogP contribution in [0.1, 0.15) is 19.3 Å². The topological polar surface area (TPSA) is 32.8 Å². The summed E-state index contributed by atoms with van der Waals surface area (Å²) >= 11 is 0. The molecule has 2 saturated heterocycles. The van der Waals surface area contributed by atoms with E-state index >= 15 is 0 Å². The molecule has 3 rings (SSSR count). The first-order valence-corrected chi connectivity index (χ1v) is 7.63. The molecule has 1 atom stereocenters. The third-order valence-corrected chi connectivity index (χ3v) is 4.25. The van der Waals surface area contributed by atoms with Crippen LogP contribution in [0.25, 0.3) is 0 Å². The summed E-state index contributed by atoms with van der Waals surface area (Å²) in [6, 6.07) is 6.80. The lowest BCUT2D eigenvalue weighted by atomic mass is 10.1. The van der Waals surface area contributed by atoms with E-state index in [9.17, 15) is 9.18 Å². The predicted octanol–water partition coefficient (Wildman–Crippen LogP) is 2.04. The molecule has 0 aromatic heterocycles. The summed E-state index contributed by atoms with van der Waals surface area (Å²) in [5, 5.41) is 0. The maximum atomic E-state index is 13.8. The lowest BCUT2D eigenvalue weighted by Gasteiger charge is -2.36. The number of hydrogen-bond donors (Lipinski definition) is 0. The lowest BCUT2D eigenvalue weighted by Crippen LogP contribution is -2.49. The highest BCUT2D eigenvalue weighted by molar-refractivity contribution is 5.77. The molecule has 2 aliphatic heterocycles. The zero-order valence-electron chi connectivity index (χ0n) is 12.1. The second kappa shape index (κ2) is 6.43. The summed E-state index contributed by atoms with van der Waals surface area (Å²) in [6.07, 6.45) is 2.63. The van der Waals surface area contributed by atoms with E-state index in [1.807, 2.05) is 15.9 Å². The van der Waals surface area contributed by atoms with Crippen LogP contribution in [0.15, 0.2) is 24.3 Å². The molecule has 4 nitrogen and oxygen atoms in total. The molecule has 0 aliphatic carbocycles. The van der Waals surface area contributed by atoms with E-state index < -0.39 is 0 Å². The largest absolute Gasteiger partial charge is 0.378 e. The minimum atomic E-state index is -0.198. The molecule has 1 amide bonds. The van der Waals surface area contributed by atoms with Gasteiger partial charge in [0.1, 0.15) is 5.82 Å². The van der Waals surface area contributed by atoms with Crippen molar-refractivity contribution in [1.29, 1.82) is 0 Å². The summed E-state index contributed by atoms with van der Waals surface area (Å²) in [4.78, 5) is 16.1. The smallest absolute Gasteiger partial charge is 0.225 e. The summed E-state index contributed by atoms with van der Waals surface area (Å²) < 4.78 is 19.3. The fourth-order valence-corrected chi connectivity index (χ4v) is 3.03. The number of carbonyl (C=O) groups is 1. The van der Waals surface area contributed by atoms with E-state index in [-0.39, 0.29) is 17.8 Å². The number of hydrogen-bond acceptors (Lipinski definition) is 3. The van der Waals surface area contributed by atoms with Crippen LogP contribution in [0.3, 0.4) is 0 Å². The number of rotatable bonds is 3. The van der Waals surface area contributed by atoms with E-state index in [1.54, 1.807) is 12.1 Å². The van der Waals surface area contributed by atoms with Crippen molar-refractivity contribution >= 4 is 11.6 Å². The highest BCUT2D eigenvalue weighted by Gasteiger charge is 2.26. The fraction of sp³-hybridized carbons (Fsp3) is 0.562. The Labute approximate surface area is 124 Å². The Morgan fingerprint density at radius 3 is 2.67 bits per heavy atom. The number of para-hydroxylation sites is 1. The van der Waals surface area contributed by atoms with E-state index in [2.05, 4.69) is 0 Å². The molecule has 2 aliphatic rings. The fourth-order valence-electron chi connectivity index (χ4n) is 3.03. The van der Waals surface area contributed by atoms with Crippen LogP contribution in [-0.4, -0.2) is 49.7 Å². The zero-order valence-corrected chi connectivity index (χ0v) is 12.1. The van der Waals surface area contributed by atoms with Gasteiger partial charge in [0, 0.05) is 32.8 Å². The Bertz CT molecular complexity index is 495. The van der Waals surface area contributed by atoms with E-state index in [4.69, 9.17) is 4.74 Å². The van der Waals surface area contributed by atoms with Crippen molar-refractivity contribution in [3.63, 3.8) is 0 Å². The van der Waals surface area contributed by atoms with Crippen molar-refractivity contribution < 1.29 is 13.9 Å². The quantitative estimate of drug-likeness (QED) is 0.855. The predicted molar refractivity (Wildman–Crippen MR) is 78.8 cm³/mol. The molecule has 0 N–H and O–H groups in total. The highest BCUT2D eigenvalue weighted by Crippen LogP contribution is 2.21. The van der Waals surface area contributed by atoms with Gasteiger partial charge in [-0.15, -0.1) is 0 Å². The highest BCUT2D eigenvalue weighted by atomic mass is 19.1. The molecular formula is C16H21FN2O2. The standard InChI is InChI=1S/C16H21FN2O2/c17-14-5-1-2-6-15(14)18-7-9-19(10-8-18)16(20)12-13-4-3-11-21-13/h1-2,5-6,13H,3-4,7-12H2. The van der Waals surface area contributed by atoms with Crippen molar-refractivity contribution in [2.24, 2.45) is 0 Å². The number of ether oxygens (including phenoxy) is 1. The zero-order chi connectivity index (χ0) is 14.7. The molecule has 2 heterocycles. The second-order valence-electron chi connectivity index (χ2n) is 5.66. The molecule has 114 valence electrons. The van der Waals surface area contributed by atoms with Gasteiger partial charge in [0.2, 0.25) is 5.91 Å². The first-order chi connectivity index (χ1) is 10.2. The molecule has 0 radical (unpaired) electrons. The van der Waals surface area contributed by atoms with Crippen LogP contribution in [0.5, 0.6) is 0 Å². The van der Waals surface area contributed by atoms with Gasteiger partial charge >= 0.3 is 0 Å². The number of piperazine rings is 1. The van der Waals surface area contributed by atoms with Crippen molar-refractivity contribution in [3.05, 3.63) is 30.1 Å². The number of amides is 1. The lowest BCUT2D eigenvalue weighted by molar-refractivity contribution is -0.133. The Hall–Kier alpha value is -1.62. The van der Waals surface area contributed by atoms with Crippen molar-refractivity contribution in [2.75, 3.05) is 37.7 Å². The maximum absolute atomic E-state index is 13.8. The van der Waals surface area contributed by atoms with Crippen molar-refractivity contribution in [3.8, 4) is 0 Å². The molecule has 0 spiro atoms. The molecule has 1 aromatic carbocycles. The van der Waals surface area contributed by atoms with Crippen LogP contribution in [0, 0.1) is 5.82 Å². The van der Waals surface area contributed by atoms with Crippen LogP contribution < -0.4 is 4.90 Å². The van der Waals surface area contributed by atoms with Gasteiger partial charge in [0.15, 0.2) is 0 Å². The van der Waals surface area contributed by atoms with Gasteiger partial charge < -0.3 is 14.5 Å². The Balaban J connectivity index is 1.52. The van der Waals surface area contributed by atoms with Gasteiger partial charge in [-0.1, -0.05) is 12.1 Å². The Morgan fingerprint density at radius 1 is 1.24 bits per heavy atom. The third-order valence-electron chi connectivity index (χ3n) is 4.25. The summed E-state index contributed by atoms with van der Waals surface area (Å²) in [5.74, 6) is -0.0354. The summed E-state index contributed by atoms with van der Waals surface area (Å²) in [6.45, 7) is 3.44. The first-order valence-electron chi connectivity index (χ1n) is 7.63. The average Bonchev–Trinajstić information content (AvgIpc) is 3.01. The van der Waals surface area contributed by atoms with Gasteiger partial charge in [0.25, 0.3) is 0 Å². The minimum absolute atomic E-state index is 0.0992. The first kappa shape index (κ1) is 14.3. The molecule has 5 heteroatoms. The number of anilines is 1. The Kier molecular flexibility index (Phi) is 4.39. The van der Waals surface area contributed by atoms with Crippen molar-refractivity contribution in [1.82, 2.24) is 4.90 Å². The molecule has 2 fully saturated rings. The third kappa shape index (κ3) is 3.35. The summed E-state index contributed by atoms with van der Waals surface area (Å²) in [5.41, 5.74) is 0.628. The monoisotopic (exact) mass is 292 g/mol. The van der Waals surface area contributed by atoms with Crippen LogP contribution in [-0.2, 0) is 9.53 Å². The van der Waals surface area contributed by atoms with Gasteiger partial charge in [-0.3, -0.25) is 4.79 Å². The van der Waals surface area contributed by atoms with Crippen LogP contribution in [0.4, 0.5) is 10.1 Å². The number of carbonyl (C=O) groups excluding carboxylic acids is 1. The van der Waals surface area contributed by atoms with Gasteiger partial charge in [0.05, 0.1) is 18.2 Å². The summed E-state index contributed by atoms with van der Waals surface area (Å²) in [7, 11) is 0. The average molecular weight is 292 g/mol. The molecular weight excluding hydrogens is 271 g/mol. The van der Waals surface area contributed by atoms with Gasteiger partial charge in [-0.25, -0.2) is 4.39 Å². The molecule has 1 aromatic rings.